The maximum Gasteiger partial charge on any atom is 0.182 e. The second-order valence-corrected chi connectivity index (χ2v) is 23.6. The molecule has 296 valence electrons. The first-order chi connectivity index (χ1) is 30.7. The largest absolute Gasteiger partial charge is 0.309 e. The first kappa shape index (κ1) is 38.9. The lowest BCUT2D eigenvalue weighted by atomic mass is 10.1. The summed E-state index contributed by atoms with van der Waals surface area (Å²) in [7, 11) is -5.91. The molecule has 0 aliphatic heterocycles. The van der Waals surface area contributed by atoms with Gasteiger partial charge < -0.3 is 4.57 Å². The van der Waals surface area contributed by atoms with Gasteiger partial charge in [-0.05, 0) is 77.2 Å². The summed E-state index contributed by atoms with van der Waals surface area (Å²) in [6.07, 6.45) is 0. The maximum atomic E-state index is 2.59. The number of para-hydroxylation sites is 1. The van der Waals surface area contributed by atoms with Gasteiger partial charge >= 0.3 is 0 Å². The fourth-order valence-electron chi connectivity index (χ4n) is 10.2. The Morgan fingerprint density at radius 3 is 0.968 bits per heavy atom. The first-order valence-corrected chi connectivity index (χ1v) is 25.5. The van der Waals surface area contributed by atoms with Gasteiger partial charge in [-0.3, -0.25) is 0 Å². The fourth-order valence-corrected chi connectivity index (χ4v) is 20.2. The van der Waals surface area contributed by atoms with Gasteiger partial charge in [0.2, 0.25) is 0 Å². The average Bonchev–Trinajstić information content (AvgIpc) is 3.67. The number of benzene rings is 9. The third kappa shape index (κ3) is 6.54. The zero-order valence-electron chi connectivity index (χ0n) is 34.9. The van der Waals surface area contributed by atoms with Crippen LogP contribution in [0.25, 0.3) is 28.2 Å². The van der Waals surface area contributed by atoms with Gasteiger partial charge in [-0.2, -0.15) is 0 Å². The summed E-state index contributed by atoms with van der Waals surface area (Å²) in [5.41, 5.74) is 7.26. The summed E-state index contributed by atoms with van der Waals surface area (Å²) in [5, 5.41) is 10.9. The number of hydrogen-bond acceptors (Lipinski definition) is 0. The Morgan fingerprint density at radius 1 is 0.274 bits per heavy atom. The van der Waals surface area contributed by atoms with Crippen molar-refractivity contribution in [3.8, 4) is 28.2 Å². The molecule has 9 aromatic carbocycles. The van der Waals surface area contributed by atoms with E-state index >= 15 is 0 Å². The topological polar surface area (TPSA) is 4.93 Å². The number of aromatic nitrogens is 1. The third-order valence-electron chi connectivity index (χ3n) is 12.7. The molecule has 1 heterocycles. The zero-order valence-corrected chi connectivity index (χ0v) is 36.9. The Kier molecular flexibility index (Phi) is 10.6. The standard InChI is InChI=1S/C59H47NSi2/c1-46-57(48-29-26-44-56(45-48)61(50-32-14-4-15-33-50,51-34-16-5-17-35-51)52-36-18-6-19-37-52)60(49-30-12-3-13-31-49)58(47-27-10-2-11-28-47)59(46)62(53-38-20-7-21-39-53,54-40-22-8-23-41-54)55-42-24-9-25-43-55/h2-45H,1H3. The fraction of sp³-hybridized carbons (Fsp3) is 0.0169. The van der Waals surface area contributed by atoms with E-state index in [9.17, 15) is 0 Å². The van der Waals surface area contributed by atoms with Gasteiger partial charge in [-0.15, -0.1) is 0 Å². The summed E-state index contributed by atoms with van der Waals surface area (Å²) >= 11 is 0. The molecule has 0 spiro atoms. The molecule has 10 aromatic rings. The van der Waals surface area contributed by atoms with Gasteiger partial charge in [0.1, 0.15) is 0 Å². The van der Waals surface area contributed by atoms with Crippen molar-refractivity contribution in [3.63, 3.8) is 0 Å². The molecule has 0 N–H and O–H groups in total. The lowest BCUT2D eigenvalue weighted by Crippen LogP contribution is -2.75. The van der Waals surface area contributed by atoms with Crippen LogP contribution in [-0.2, 0) is 0 Å². The van der Waals surface area contributed by atoms with Crippen LogP contribution in [0, 0.1) is 6.92 Å². The highest BCUT2D eigenvalue weighted by Gasteiger charge is 2.47. The molecule has 1 aromatic heterocycles. The van der Waals surface area contributed by atoms with E-state index in [-0.39, 0.29) is 0 Å². The lowest BCUT2D eigenvalue weighted by molar-refractivity contribution is 1.09. The molecule has 0 fully saturated rings. The molecule has 0 aliphatic rings. The van der Waals surface area contributed by atoms with Gasteiger partial charge in [0.15, 0.2) is 16.1 Å². The quantitative estimate of drug-likeness (QED) is 0.0908. The van der Waals surface area contributed by atoms with Crippen LogP contribution in [0.15, 0.2) is 267 Å². The van der Waals surface area contributed by atoms with Gasteiger partial charge in [0.05, 0.1) is 11.4 Å². The molecule has 0 aliphatic carbocycles. The maximum absolute atomic E-state index is 3.07. The highest BCUT2D eigenvalue weighted by Crippen LogP contribution is 2.36. The van der Waals surface area contributed by atoms with Crippen LogP contribution in [0.2, 0.25) is 0 Å². The van der Waals surface area contributed by atoms with Crippen LogP contribution >= 0.6 is 0 Å². The van der Waals surface area contributed by atoms with E-state index in [4.69, 9.17) is 0 Å². The SMILES string of the molecule is Cc1c([Si](c2ccccc2)(c2ccccc2)c2ccccc2)c(-c2ccccc2)n(-c2ccccc2)c1-c1cccc([Si](c2ccccc2)(c2ccccc2)c2ccccc2)c1. The average molecular weight is 826 g/mol. The Balaban J connectivity index is 1.38. The lowest BCUT2D eigenvalue weighted by Gasteiger charge is -2.35. The molecule has 0 radical (unpaired) electrons. The van der Waals surface area contributed by atoms with E-state index in [1.54, 1.807) is 0 Å². The van der Waals surface area contributed by atoms with Crippen LogP contribution in [0.1, 0.15) is 5.56 Å². The van der Waals surface area contributed by atoms with Crippen molar-refractivity contribution in [3.05, 3.63) is 272 Å². The molecule has 0 bridgehead atoms. The van der Waals surface area contributed by atoms with Gasteiger partial charge in [0.25, 0.3) is 0 Å². The van der Waals surface area contributed by atoms with Gasteiger partial charge in [-0.1, -0.05) is 255 Å². The minimum absolute atomic E-state index is 1.14. The Labute approximate surface area is 367 Å². The highest BCUT2D eigenvalue weighted by atomic mass is 28.3. The molecule has 62 heavy (non-hydrogen) atoms. The smallest absolute Gasteiger partial charge is 0.182 e. The van der Waals surface area contributed by atoms with Crippen LogP contribution in [-0.4, -0.2) is 20.7 Å². The molecule has 3 heteroatoms. The minimum Gasteiger partial charge on any atom is -0.309 e. The first-order valence-electron chi connectivity index (χ1n) is 21.5. The van der Waals surface area contributed by atoms with Gasteiger partial charge in [-0.25, -0.2) is 0 Å². The van der Waals surface area contributed by atoms with Crippen LogP contribution < -0.4 is 41.5 Å². The summed E-state index contributed by atoms with van der Waals surface area (Å²) in [6, 6.07) is 99.5. The second kappa shape index (κ2) is 17.0. The molecule has 10 rings (SSSR count). The second-order valence-electron chi connectivity index (χ2n) is 16.0. The number of hydrogen-bond donors (Lipinski definition) is 0. The van der Waals surface area contributed by atoms with Crippen molar-refractivity contribution in [1.29, 1.82) is 0 Å². The Morgan fingerprint density at radius 2 is 0.581 bits per heavy atom. The van der Waals surface area contributed by atoms with Crippen molar-refractivity contribution in [2.24, 2.45) is 0 Å². The number of nitrogens with zero attached hydrogens (tertiary/aromatic N) is 1. The molecular formula is C59H47NSi2. The van der Waals surface area contributed by atoms with E-state index in [2.05, 4.69) is 278 Å². The normalized spacial score (nSPS) is 11.6. The molecular weight excluding hydrogens is 779 g/mol. The van der Waals surface area contributed by atoms with Crippen molar-refractivity contribution < 1.29 is 0 Å². The number of rotatable bonds is 11. The summed E-state index contributed by atoms with van der Waals surface area (Å²) in [5.74, 6) is 0. The van der Waals surface area contributed by atoms with E-state index in [0.29, 0.717) is 0 Å². The molecule has 0 unspecified atom stereocenters. The molecule has 0 amide bonds. The molecule has 1 nitrogen and oxygen atoms in total. The predicted octanol–water partition coefficient (Wildman–Crippen LogP) is 8.87. The van der Waals surface area contributed by atoms with Crippen LogP contribution in [0.3, 0.4) is 0 Å². The monoisotopic (exact) mass is 825 g/mol. The van der Waals surface area contributed by atoms with Gasteiger partial charge in [0, 0.05) is 5.69 Å². The summed E-state index contributed by atoms with van der Waals surface area (Å²) in [4.78, 5) is 0. The highest BCUT2D eigenvalue weighted by molar-refractivity contribution is 7.21. The van der Waals surface area contributed by atoms with E-state index in [0.717, 1.165) is 5.69 Å². The van der Waals surface area contributed by atoms with Crippen LogP contribution in [0.5, 0.6) is 0 Å². The third-order valence-corrected chi connectivity index (χ3v) is 22.4. The van der Waals surface area contributed by atoms with Crippen molar-refractivity contribution in [1.82, 2.24) is 4.57 Å². The minimum atomic E-state index is -3.07. The molecule has 0 saturated carbocycles. The van der Waals surface area contributed by atoms with Crippen LogP contribution in [0.4, 0.5) is 0 Å². The van der Waals surface area contributed by atoms with E-state index in [1.165, 1.54) is 69.6 Å². The Bertz CT molecular complexity index is 2830. The summed E-state index contributed by atoms with van der Waals surface area (Å²) in [6.45, 7) is 2.40. The predicted molar refractivity (Wildman–Crippen MR) is 269 cm³/mol. The van der Waals surface area contributed by atoms with Crippen molar-refractivity contribution >= 4 is 57.6 Å². The Hall–Kier alpha value is -7.31. The zero-order chi connectivity index (χ0) is 41.8. The summed E-state index contributed by atoms with van der Waals surface area (Å²) < 4.78 is 2.59. The molecule has 0 atom stereocenters. The molecule has 0 saturated heterocycles. The van der Waals surface area contributed by atoms with Crippen molar-refractivity contribution in [2.45, 2.75) is 6.92 Å². The van der Waals surface area contributed by atoms with E-state index < -0.39 is 16.1 Å². The van der Waals surface area contributed by atoms with E-state index in [1.807, 2.05) is 0 Å². The van der Waals surface area contributed by atoms with Crippen molar-refractivity contribution in [2.75, 3.05) is 0 Å².